The van der Waals surface area contributed by atoms with E-state index in [2.05, 4.69) is 9.80 Å². The van der Waals surface area contributed by atoms with E-state index in [1.165, 1.54) is 0 Å². The van der Waals surface area contributed by atoms with Crippen molar-refractivity contribution in [2.45, 2.75) is 19.1 Å². The van der Waals surface area contributed by atoms with Gasteiger partial charge in [0, 0.05) is 45.8 Å². The summed E-state index contributed by atoms with van der Waals surface area (Å²) in [4.78, 5) is 4.20. The highest BCUT2D eigenvalue weighted by Gasteiger charge is 2.31. The van der Waals surface area contributed by atoms with Gasteiger partial charge in [-0.3, -0.25) is 4.90 Å². The molecule has 0 spiro atoms. The lowest BCUT2D eigenvalue weighted by molar-refractivity contribution is -0.00744. The monoisotopic (exact) mass is 321 g/mol. The molecule has 0 aromatic heterocycles. The third kappa shape index (κ3) is 5.15. The number of hydrogen-bond donors (Lipinski definition) is 1. The van der Waals surface area contributed by atoms with Crippen LogP contribution in [0.15, 0.2) is 0 Å². The van der Waals surface area contributed by atoms with Crippen molar-refractivity contribution in [3.63, 3.8) is 0 Å². The fraction of sp³-hybridized carbons (Fsp3) is 1.00. The van der Waals surface area contributed by atoms with Crippen molar-refractivity contribution in [3.05, 3.63) is 0 Å². The molecule has 2 heterocycles. The summed E-state index contributed by atoms with van der Waals surface area (Å²) < 4.78 is 32.0. The van der Waals surface area contributed by atoms with Crippen molar-refractivity contribution >= 4 is 10.0 Å². The average molecular weight is 321 g/mol. The molecule has 1 N–H and O–H groups in total. The molecular weight excluding hydrogens is 294 g/mol. The quantitative estimate of drug-likeness (QED) is 0.675. The standard InChI is InChI=1S/C13H27N3O4S/c1-12(17)9-15-3-5-16(6-4-15)21(18,19)11-13-10-14(2)7-8-20-13/h12-13,17H,3-11H2,1-2H3. The normalized spacial score (nSPS) is 28.6. The van der Waals surface area contributed by atoms with Gasteiger partial charge in [0.05, 0.1) is 24.6 Å². The number of ether oxygens (including phenoxy) is 1. The van der Waals surface area contributed by atoms with Crippen LogP contribution in [0.25, 0.3) is 0 Å². The predicted molar refractivity (Wildman–Crippen MR) is 80.7 cm³/mol. The van der Waals surface area contributed by atoms with E-state index < -0.39 is 10.0 Å². The molecular formula is C13H27N3O4S. The minimum Gasteiger partial charge on any atom is -0.392 e. The first-order valence-electron chi connectivity index (χ1n) is 7.55. The van der Waals surface area contributed by atoms with E-state index in [4.69, 9.17) is 4.74 Å². The smallest absolute Gasteiger partial charge is 0.216 e. The van der Waals surface area contributed by atoms with Crippen LogP contribution in [0.2, 0.25) is 0 Å². The lowest BCUT2D eigenvalue weighted by atomic mass is 10.3. The number of hydrogen-bond acceptors (Lipinski definition) is 6. The molecule has 2 rings (SSSR count). The topological polar surface area (TPSA) is 73.3 Å². The number of aliphatic hydroxyl groups excluding tert-OH is 1. The first kappa shape index (κ1) is 17.1. The number of aliphatic hydroxyl groups is 1. The zero-order valence-electron chi connectivity index (χ0n) is 12.9. The first-order chi connectivity index (χ1) is 9.87. The fourth-order valence-corrected chi connectivity index (χ4v) is 4.47. The maximum Gasteiger partial charge on any atom is 0.216 e. The van der Waals surface area contributed by atoms with Crippen LogP contribution in [-0.4, -0.2) is 105 Å². The maximum absolute atomic E-state index is 12.4. The zero-order valence-corrected chi connectivity index (χ0v) is 13.8. The molecule has 0 aliphatic carbocycles. The van der Waals surface area contributed by atoms with E-state index in [-0.39, 0.29) is 18.0 Å². The van der Waals surface area contributed by atoms with E-state index >= 15 is 0 Å². The summed E-state index contributed by atoms with van der Waals surface area (Å²) in [6.07, 6.45) is -0.608. The van der Waals surface area contributed by atoms with Gasteiger partial charge in [0.2, 0.25) is 10.0 Å². The van der Waals surface area contributed by atoms with Crippen molar-refractivity contribution in [1.82, 2.24) is 14.1 Å². The third-order valence-electron chi connectivity index (χ3n) is 3.99. The van der Waals surface area contributed by atoms with E-state index in [1.54, 1.807) is 11.2 Å². The largest absolute Gasteiger partial charge is 0.392 e. The molecule has 2 unspecified atom stereocenters. The summed E-state index contributed by atoms with van der Waals surface area (Å²) in [6, 6.07) is 0. The van der Waals surface area contributed by atoms with Crippen molar-refractivity contribution in [2.24, 2.45) is 0 Å². The molecule has 7 nitrogen and oxygen atoms in total. The summed E-state index contributed by atoms with van der Waals surface area (Å²) in [5, 5.41) is 9.38. The van der Waals surface area contributed by atoms with Crippen molar-refractivity contribution in [1.29, 1.82) is 0 Å². The molecule has 2 aliphatic heterocycles. The first-order valence-corrected chi connectivity index (χ1v) is 9.16. The van der Waals surface area contributed by atoms with Crippen molar-refractivity contribution in [3.8, 4) is 0 Å². The average Bonchev–Trinajstić information content (AvgIpc) is 2.38. The van der Waals surface area contributed by atoms with Crippen LogP contribution in [0.3, 0.4) is 0 Å². The Morgan fingerprint density at radius 2 is 1.90 bits per heavy atom. The fourth-order valence-electron chi connectivity index (χ4n) is 2.87. The summed E-state index contributed by atoms with van der Waals surface area (Å²) in [7, 11) is -1.28. The second kappa shape index (κ2) is 7.34. The Hall–Kier alpha value is -0.250. The minimum absolute atomic E-state index is 0.0632. The number of sulfonamides is 1. The van der Waals surface area contributed by atoms with Gasteiger partial charge in [-0.15, -0.1) is 0 Å². The number of nitrogens with zero attached hydrogens (tertiary/aromatic N) is 3. The highest BCUT2D eigenvalue weighted by molar-refractivity contribution is 7.89. The van der Waals surface area contributed by atoms with Gasteiger partial charge >= 0.3 is 0 Å². The Morgan fingerprint density at radius 3 is 2.48 bits per heavy atom. The Balaban J connectivity index is 1.83. The van der Waals surface area contributed by atoms with E-state index in [1.807, 2.05) is 7.05 Å². The van der Waals surface area contributed by atoms with E-state index in [0.29, 0.717) is 45.9 Å². The molecule has 0 aromatic carbocycles. The number of piperazine rings is 1. The van der Waals surface area contributed by atoms with Gasteiger partial charge in [-0.2, -0.15) is 4.31 Å². The van der Waals surface area contributed by atoms with Gasteiger partial charge in [-0.25, -0.2) is 8.42 Å². The van der Waals surface area contributed by atoms with Gasteiger partial charge in [0.1, 0.15) is 0 Å². The Morgan fingerprint density at radius 1 is 1.24 bits per heavy atom. The molecule has 2 aliphatic rings. The van der Waals surface area contributed by atoms with Crippen LogP contribution >= 0.6 is 0 Å². The van der Waals surface area contributed by atoms with Crippen LogP contribution in [0.5, 0.6) is 0 Å². The van der Waals surface area contributed by atoms with Crippen LogP contribution in [-0.2, 0) is 14.8 Å². The van der Waals surface area contributed by atoms with Crippen molar-refractivity contribution < 1.29 is 18.3 Å². The predicted octanol–water partition coefficient (Wildman–Crippen LogP) is -1.35. The highest BCUT2D eigenvalue weighted by atomic mass is 32.2. The summed E-state index contributed by atoms with van der Waals surface area (Å²) in [6.45, 7) is 6.82. The van der Waals surface area contributed by atoms with Gasteiger partial charge < -0.3 is 14.7 Å². The molecule has 0 bridgehead atoms. The van der Waals surface area contributed by atoms with Crippen molar-refractivity contribution in [2.75, 3.05) is 65.2 Å². The molecule has 8 heteroatoms. The maximum atomic E-state index is 12.4. The Labute approximate surface area is 127 Å². The van der Waals surface area contributed by atoms with Gasteiger partial charge in [0.25, 0.3) is 0 Å². The number of morpholine rings is 1. The lowest BCUT2D eigenvalue weighted by Gasteiger charge is -2.36. The Kier molecular flexibility index (Phi) is 5.98. The molecule has 0 radical (unpaired) electrons. The zero-order chi connectivity index (χ0) is 15.5. The molecule has 0 saturated carbocycles. The summed E-state index contributed by atoms with van der Waals surface area (Å²) in [5.74, 6) is 0.0632. The molecule has 21 heavy (non-hydrogen) atoms. The molecule has 2 atom stereocenters. The van der Waals surface area contributed by atoms with Crippen LogP contribution in [0, 0.1) is 0 Å². The number of β-amino-alcohol motifs (C(OH)–C–C–N with tert-alkyl or cyclic N) is 1. The van der Waals surface area contributed by atoms with Gasteiger partial charge in [0.15, 0.2) is 0 Å². The molecule has 0 amide bonds. The minimum atomic E-state index is -3.27. The third-order valence-corrected chi connectivity index (χ3v) is 5.93. The van der Waals surface area contributed by atoms with Crippen LogP contribution in [0.1, 0.15) is 6.92 Å². The van der Waals surface area contributed by atoms with E-state index in [9.17, 15) is 13.5 Å². The number of rotatable bonds is 5. The van der Waals surface area contributed by atoms with Crippen LogP contribution < -0.4 is 0 Å². The summed E-state index contributed by atoms with van der Waals surface area (Å²) in [5.41, 5.74) is 0. The SMILES string of the molecule is CC(O)CN1CCN(S(=O)(=O)CC2CN(C)CCO2)CC1. The second-order valence-corrected chi connectivity index (χ2v) is 8.10. The highest BCUT2D eigenvalue weighted by Crippen LogP contribution is 2.13. The molecule has 2 saturated heterocycles. The molecule has 124 valence electrons. The lowest BCUT2D eigenvalue weighted by Crippen LogP contribution is -2.52. The number of likely N-dealkylation sites (N-methyl/N-ethyl adjacent to an activating group) is 1. The van der Waals surface area contributed by atoms with E-state index in [0.717, 1.165) is 6.54 Å². The summed E-state index contributed by atoms with van der Waals surface area (Å²) >= 11 is 0. The molecule has 0 aromatic rings. The second-order valence-electron chi connectivity index (χ2n) is 6.08. The molecule has 2 fully saturated rings. The van der Waals surface area contributed by atoms with Gasteiger partial charge in [-0.05, 0) is 14.0 Å². The van der Waals surface area contributed by atoms with Crippen LogP contribution in [0.4, 0.5) is 0 Å². The Bertz CT molecular complexity index is 421. The van der Waals surface area contributed by atoms with Gasteiger partial charge in [-0.1, -0.05) is 0 Å².